The van der Waals surface area contributed by atoms with Crippen LogP contribution in [0.15, 0.2) is 42.5 Å². The standard InChI is InChI=1S/C14H12FN3/c15-12-4-5-14(13(17)7-12)18-9-11-3-1-2-10(6-11)8-16/h1-7,18H,9,17H2. The molecule has 0 aromatic heterocycles. The fourth-order valence-corrected chi connectivity index (χ4v) is 1.64. The third kappa shape index (κ3) is 2.77. The van der Waals surface area contributed by atoms with Crippen molar-refractivity contribution in [2.75, 3.05) is 11.1 Å². The normalized spacial score (nSPS) is 9.78. The number of hydrogen-bond acceptors (Lipinski definition) is 3. The third-order valence-electron chi connectivity index (χ3n) is 2.55. The van der Waals surface area contributed by atoms with Crippen molar-refractivity contribution in [3.8, 4) is 6.07 Å². The Morgan fingerprint density at radius 3 is 2.78 bits per heavy atom. The Kier molecular flexibility index (Phi) is 3.44. The molecule has 0 aliphatic carbocycles. The quantitative estimate of drug-likeness (QED) is 0.812. The van der Waals surface area contributed by atoms with E-state index < -0.39 is 0 Å². The van der Waals surface area contributed by atoms with Gasteiger partial charge in [0.1, 0.15) is 5.82 Å². The summed E-state index contributed by atoms with van der Waals surface area (Å²) >= 11 is 0. The van der Waals surface area contributed by atoms with Gasteiger partial charge in [-0.15, -0.1) is 0 Å². The van der Waals surface area contributed by atoms with Gasteiger partial charge in [-0.05, 0) is 35.9 Å². The minimum Gasteiger partial charge on any atom is -0.397 e. The zero-order valence-corrected chi connectivity index (χ0v) is 9.65. The molecule has 0 unspecified atom stereocenters. The van der Waals surface area contributed by atoms with Crippen LogP contribution in [0, 0.1) is 17.1 Å². The van der Waals surface area contributed by atoms with Gasteiger partial charge in [0.05, 0.1) is 23.0 Å². The molecule has 0 atom stereocenters. The van der Waals surface area contributed by atoms with E-state index in [1.165, 1.54) is 12.1 Å². The van der Waals surface area contributed by atoms with Gasteiger partial charge >= 0.3 is 0 Å². The molecule has 0 saturated carbocycles. The van der Waals surface area contributed by atoms with Crippen LogP contribution in [0.25, 0.3) is 0 Å². The van der Waals surface area contributed by atoms with Gasteiger partial charge in [-0.25, -0.2) is 4.39 Å². The summed E-state index contributed by atoms with van der Waals surface area (Å²) in [4.78, 5) is 0. The summed E-state index contributed by atoms with van der Waals surface area (Å²) in [6, 6.07) is 13.6. The Morgan fingerprint density at radius 1 is 1.22 bits per heavy atom. The summed E-state index contributed by atoms with van der Waals surface area (Å²) in [7, 11) is 0. The molecule has 2 aromatic carbocycles. The minimum atomic E-state index is -0.357. The lowest BCUT2D eigenvalue weighted by molar-refractivity contribution is 0.628. The number of hydrogen-bond donors (Lipinski definition) is 2. The number of anilines is 2. The molecule has 0 heterocycles. The minimum absolute atomic E-state index is 0.357. The molecule has 2 rings (SSSR count). The second kappa shape index (κ2) is 5.19. The maximum absolute atomic E-state index is 12.9. The van der Waals surface area contributed by atoms with Crippen LogP contribution in [0.2, 0.25) is 0 Å². The Bertz CT molecular complexity index is 602. The fourth-order valence-electron chi connectivity index (χ4n) is 1.64. The molecule has 2 aromatic rings. The van der Waals surface area contributed by atoms with E-state index in [1.807, 2.05) is 12.1 Å². The lowest BCUT2D eigenvalue weighted by Gasteiger charge is -2.09. The first-order valence-corrected chi connectivity index (χ1v) is 5.47. The molecule has 0 bridgehead atoms. The number of nitriles is 1. The number of benzene rings is 2. The zero-order chi connectivity index (χ0) is 13.0. The molecule has 3 N–H and O–H groups in total. The third-order valence-corrected chi connectivity index (χ3v) is 2.55. The van der Waals surface area contributed by atoms with Crippen molar-refractivity contribution in [1.29, 1.82) is 5.26 Å². The molecular formula is C14H12FN3. The van der Waals surface area contributed by atoms with Gasteiger partial charge in [-0.1, -0.05) is 12.1 Å². The first kappa shape index (κ1) is 11.9. The average Bonchev–Trinajstić information content (AvgIpc) is 2.38. The molecule has 3 nitrogen and oxygen atoms in total. The molecule has 0 aliphatic heterocycles. The van der Waals surface area contributed by atoms with E-state index >= 15 is 0 Å². The largest absolute Gasteiger partial charge is 0.397 e. The van der Waals surface area contributed by atoms with E-state index in [0.29, 0.717) is 23.5 Å². The highest BCUT2D eigenvalue weighted by molar-refractivity contribution is 5.65. The van der Waals surface area contributed by atoms with Crippen LogP contribution >= 0.6 is 0 Å². The van der Waals surface area contributed by atoms with Crippen molar-refractivity contribution in [3.63, 3.8) is 0 Å². The van der Waals surface area contributed by atoms with Crippen LogP contribution in [-0.4, -0.2) is 0 Å². The summed E-state index contributed by atoms with van der Waals surface area (Å²) in [5.41, 5.74) is 8.32. The van der Waals surface area contributed by atoms with Crippen LogP contribution < -0.4 is 11.1 Å². The van der Waals surface area contributed by atoms with Crippen LogP contribution in [0.5, 0.6) is 0 Å². The lowest BCUT2D eigenvalue weighted by atomic mass is 10.1. The second-order valence-corrected chi connectivity index (χ2v) is 3.90. The summed E-state index contributed by atoms with van der Waals surface area (Å²) in [5, 5.41) is 11.9. The Labute approximate surface area is 105 Å². The highest BCUT2D eigenvalue weighted by atomic mass is 19.1. The number of nitrogens with zero attached hydrogens (tertiary/aromatic N) is 1. The van der Waals surface area contributed by atoms with E-state index in [-0.39, 0.29) is 5.82 Å². The zero-order valence-electron chi connectivity index (χ0n) is 9.65. The van der Waals surface area contributed by atoms with Gasteiger partial charge in [-0.2, -0.15) is 5.26 Å². The molecule has 0 fully saturated rings. The number of halogens is 1. The number of nitrogen functional groups attached to an aromatic ring is 1. The second-order valence-electron chi connectivity index (χ2n) is 3.90. The van der Waals surface area contributed by atoms with Crippen molar-refractivity contribution in [2.45, 2.75) is 6.54 Å². The molecule has 0 saturated heterocycles. The summed E-state index contributed by atoms with van der Waals surface area (Å²) in [6.07, 6.45) is 0. The van der Waals surface area contributed by atoms with Gasteiger partial charge in [0.25, 0.3) is 0 Å². The van der Waals surface area contributed by atoms with Gasteiger partial charge in [0.15, 0.2) is 0 Å². The van der Waals surface area contributed by atoms with Crippen LogP contribution in [0.3, 0.4) is 0 Å². The fraction of sp³-hybridized carbons (Fsp3) is 0.0714. The first-order valence-electron chi connectivity index (χ1n) is 5.47. The van der Waals surface area contributed by atoms with Crippen molar-refractivity contribution in [2.24, 2.45) is 0 Å². The number of rotatable bonds is 3. The van der Waals surface area contributed by atoms with E-state index in [4.69, 9.17) is 11.0 Å². The SMILES string of the molecule is N#Cc1cccc(CNc2ccc(F)cc2N)c1. The molecule has 0 aliphatic rings. The van der Waals surface area contributed by atoms with Crippen LogP contribution in [-0.2, 0) is 6.54 Å². The smallest absolute Gasteiger partial charge is 0.125 e. The molecule has 0 amide bonds. The van der Waals surface area contributed by atoms with Crippen molar-refractivity contribution in [1.82, 2.24) is 0 Å². The highest BCUT2D eigenvalue weighted by Gasteiger charge is 2.01. The molecule has 18 heavy (non-hydrogen) atoms. The molecule has 0 spiro atoms. The molecule has 90 valence electrons. The van der Waals surface area contributed by atoms with Crippen LogP contribution in [0.1, 0.15) is 11.1 Å². The highest BCUT2D eigenvalue weighted by Crippen LogP contribution is 2.19. The van der Waals surface area contributed by atoms with Crippen LogP contribution in [0.4, 0.5) is 15.8 Å². The topological polar surface area (TPSA) is 61.8 Å². The van der Waals surface area contributed by atoms with Gasteiger partial charge in [-0.3, -0.25) is 0 Å². The monoisotopic (exact) mass is 241 g/mol. The summed E-state index contributed by atoms with van der Waals surface area (Å²) in [6.45, 7) is 0.533. The maximum Gasteiger partial charge on any atom is 0.125 e. The molecular weight excluding hydrogens is 229 g/mol. The molecule has 4 heteroatoms. The van der Waals surface area contributed by atoms with E-state index in [9.17, 15) is 4.39 Å². The summed E-state index contributed by atoms with van der Waals surface area (Å²) in [5.74, 6) is -0.357. The van der Waals surface area contributed by atoms with Crippen molar-refractivity contribution >= 4 is 11.4 Å². The van der Waals surface area contributed by atoms with Gasteiger partial charge < -0.3 is 11.1 Å². The van der Waals surface area contributed by atoms with Gasteiger partial charge in [0, 0.05) is 6.54 Å². The van der Waals surface area contributed by atoms with Crippen molar-refractivity contribution < 1.29 is 4.39 Å². The molecule has 0 radical (unpaired) electrons. The average molecular weight is 241 g/mol. The first-order chi connectivity index (χ1) is 8.69. The number of nitrogens with one attached hydrogen (secondary N) is 1. The van der Waals surface area contributed by atoms with Crippen molar-refractivity contribution in [3.05, 3.63) is 59.4 Å². The van der Waals surface area contributed by atoms with E-state index in [2.05, 4.69) is 11.4 Å². The van der Waals surface area contributed by atoms with E-state index in [0.717, 1.165) is 5.56 Å². The Morgan fingerprint density at radius 2 is 2.06 bits per heavy atom. The maximum atomic E-state index is 12.9. The van der Waals surface area contributed by atoms with Gasteiger partial charge in [0.2, 0.25) is 0 Å². The Hall–Kier alpha value is -2.54. The predicted octanol–water partition coefficient (Wildman–Crippen LogP) is 2.89. The van der Waals surface area contributed by atoms with E-state index in [1.54, 1.807) is 18.2 Å². The Balaban J connectivity index is 2.09. The summed E-state index contributed by atoms with van der Waals surface area (Å²) < 4.78 is 12.9. The number of nitrogens with two attached hydrogens (primary N) is 1. The predicted molar refractivity (Wildman–Crippen MR) is 69.3 cm³/mol. The lowest BCUT2D eigenvalue weighted by Crippen LogP contribution is -2.02.